The molecular formula is C53H55N. The van der Waals surface area contributed by atoms with Crippen LogP contribution in [-0.4, -0.2) is 6.04 Å². The van der Waals surface area contributed by atoms with Crippen molar-refractivity contribution in [3.8, 4) is 0 Å². The van der Waals surface area contributed by atoms with Gasteiger partial charge in [0.05, 0.1) is 6.04 Å². The molecule has 0 heterocycles. The van der Waals surface area contributed by atoms with Crippen molar-refractivity contribution in [2.24, 2.45) is 5.92 Å². The molecule has 2 aliphatic carbocycles. The summed E-state index contributed by atoms with van der Waals surface area (Å²) in [6.07, 6.45) is 34.0. The number of nitrogens with zero attached hydrogens (tertiary/aromatic N) is 1. The van der Waals surface area contributed by atoms with Crippen molar-refractivity contribution in [2.45, 2.75) is 66.8 Å². The molecule has 272 valence electrons. The maximum Gasteiger partial charge on any atom is 0.0560 e. The summed E-state index contributed by atoms with van der Waals surface area (Å²) in [6.45, 7) is 17.2. The summed E-state index contributed by atoms with van der Waals surface area (Å²) in [7, 11) is 0. The number of rotatable bonds is 12. The summed E-state index contributed by atoms with van der Waals surface area (Å²) in [5.74, 6) is 0.504. The Kier molecular flexibility index (Phi) is 12.6. The van der Waals surface area contributed by atoms with E-state index in [0.29, 0.717) is 5.92 Å². The lowest BCUT2D eigenvalue weighted by Gasteiger charge is -2.35. The van der Waals surface area contributed by atoms with Crippen LogP contribution in [0, 0.1) is 12.8 Å². The third-order valence-electron chi connectivity index (χ3n) is 10.8. The maximum absolute atomic E-state index is 4.17. The van der Waals surface area contributed by atoms with Gasteiger partial charge >= 0.3 is 0 Å². The van der Waals surface area contributed by atoms with Gasteiger partial charge in [-0.3, -0.25) is 0 Å². The lowest BCUT2D eigenvalue weighted by molar-refractivity contribution is 0.670. The first-order valence-corrected chi connectivity index (χ1v) is 19.5. The van der Waals surface area contributed by atoms with E-state index >= 15 is 0 Å². The monoisotopic (exact) mass is 705 g/mol. The molecule has 0 spiro atoms. The molecule has 6 rings (SSSR count). The fraction of sp³-hybridized carbons (Fsp3) is 0.208. The first-order chi connectivity index (χ1) is 26.4. The number of aryl methyl sites for hydroxylation is 1. The molecule has 0 aromatic heterocycles. The fourth-order valence-electron chi connectivity index (χ4n) is 7.95. The van der Waals surface area contributed by atoms with Crippen molar-refractivity contribution in [2.75, 3.05) is 4.90 Å². The second-order valence-corrected chi connectivity index (χ2v) is 14.5. The second-order valence-electron chi connectivity index (χ2n) is 14.5. The third-order valence-corrected chi connectivity index (χ3v) is 10.8. The molecule has 0 amide bonds. The molecule has 2 unspecified atom stereocenters. The summed E-state index contributed by atoms with van der Waals surface area (Å²) < 4.78 is 0. The van der Waals surface area contributed by atoms with Crippen LogP contribution in [0.2, 0.25) is 0 Å². The van der Waals surface area contributed by atoms with E-state index in [1.54, 1.807) is 0 Å². The first kappa shape index (κ1) is 38.1. The summed E-state index contributed by atoms with van der Waals surface area (Å²) >= 11 is 0. The first-order valence-electron chi connectivity index (χ1n) is 19.5. The summed E-state index contributed by atoms with van der Waals surface area (Å²) in [4.78, 5) is 2.52. The Morgan fingerprint density at radius 1 is 0.815 bits per heavy atom. The molecule has 0 fully saturated rings. The highest BCUT2D eigenvalue weighted by Crippen LogP contribution is 2.38. The van der Waals surface area contributed by atoms with Gasteiger partial charge in [-0.1, -0.05) is 159 Å². The smallest absolute Gasteiger partial charge is 0.0560 e. The van der Waals surface area contributed by atoms with Crippen LogP contribution in [0.5, 0.6) is 0 Å². The molecular weight excluding hydrogens is 651 g/mol. The van der Waals surface area contributed by atoms with Crippen LogP contribution in [0.3, 0.4) is 0 Å². The second kappa shape index (κ2) is 17.9. The third kappa shape index (κ3) is 8.27. The number of hydrogen-bond acceptors (Lipinski definition) is 1. The van der Waals surface area contributed by atoms with Gasteiger partial charge in [0, 0.05) is 11.4 Å². The molecule has 1 nitrogen and oxygen atoms in total. The Hall–Kier alpha value is -5.66. The lowest BCUT2D eigenvalue weighted by atomic mass is 9.81. The SMILES string of the molecule is C=Cc1cc(C2=CCC(N(C(/C=C\C)=C(C)\C=C/C=C\C)c3ccc(CC4=C(c5ccccc5C)C=CCC4C)cc3)C=C2)c2ccccc2c1/C=C\C. The molecule has 0 radical (unpaired) electrons. The highest BCUT2D eigenvalue weighted by Gasteiger charge is 2.24. The zero-order valence-corrected chi connectivity index (χ0v) is 33.0. The normalized spacial score (nSPS) is 18.1. The van der Waals surface area contributed by atoms with Crippen LogP contribution in [-0.2, 0) is 6.42 Å². The quantitative estimate of drug-likeness (QED) is 0.133. The van der Waals surface area contributed by atoms with Gasteiger partial charge in [-0.25, -0.2) is 0 Å². The number of allylic oxidation sites excluding steroid dienone is 14. The van der Waals surface area contributed by atoms with E-state index in [2.05, 4.69) is 211 Å². The van der Waals surface area contributed by atoms with Gasteiger partial charge in [0.2, 0.25) is 0 Å². The van der Waals surface area contributed by atoms with Crippen molar-refractivity contribution in [1.82, 2.24) is 0 Å². The van der Waals surface area contributed by atoms with E-state index in [-0.39, 0.29) is 6.04 Å². The number of fused-ring (bicyclic) bond motifs is 1. The Balaban J connectivity index is 1.38. The summed E-state index contributed by atoms with van der Waals surface area (Å²) in [5, 5.41) is 2.52. The van der Waals surface area contributed by atoms with Crippen LogP contribution in [0.25, 0.3) is 34.1 Å². The van der Waals surface area contributed by atoms with Crippen LogP contribution in [0.15, 0.2) is 175 Å². The summed E-state index contributed by atoms with van der Waals surface area (Å²) in [6, 6.07) is 29.3. The topological polar surface area (TPSA) is 3.24 Å². The molecule has 0 saturated carbocycles. The zero-order chi connectivity index (χ0) is 38.0. The lowest BCUT2D eigenvalue weighted by Crippen LogP contribution is -2.34. The number of anilines is 1. The zero-order valence-electron chi connectivity index (χ0n) is 33.0. The number of benzene rings is 4. The van der Waals surface area contributed by atoms with Crippen molar-refractivity contribution in [3.05, 3.63) is 209 Å². The Morgan fingerprint density at radius 3 is 2.26 bits per heavy atom. The average Bonchev–Trinajstić information content (AvgIpc) is 3.20. The standard InChI is InChI=1S/C53H55N/c1-8-12-13-22-40(7)53(20-10-3)54(44-32-28-41(29-33-44)36-51-39(6)23-18-27-48(51)46-24-15-14-21-38(46)5)45-34-30-43(31-35-45)52-37-42(11-4)47(19-9-2)49-25-16-17-26-50(49)52/h8-22,24-34,37,39,45H,4,23,35-36H2,1-3,5-7H3/b12-8-,19-9-,20-10-,22-13-,53-40-. The molecule has 4 aromatic rings. The molecule has 0 N–H and O–H groups in total. The van der Waals surface area contributed by atoms with Gasteiger partial charge < -0.3 is 4.90 Å². The van der Waals surface area contributed by atoms with Crippen molar-refractivity contribution in [1.29, 1.82) is 0 Å². The molecule has 0 aliphatic heterocycles. The van der Waals surface area contributed by atoms with Gasteiger partial charge in [0.25, 0.3) is 0 Å². The van der Waals surface area contributed by atoms with Crippen LogP contribution >= 0.6 is 0 Å². The number of hydrogen-bond donors (Lipinski definition) is 0. The van der Waals surface area contributed by atoms with Gasteiger partial charge in [-0.2, -0.15) is 0 Å². The van der Waals surface area contributed by atoms with Crippen molar-refractivity contribution < 1.29 is 0 Å². The van der Waals surface area contributed by atoms with Crippen LogP contribution < -0.4 is 4.90 Å². The largest absolute Gasteiger partial charge is 0.334 e. The molecule has 2 atom stereocenters. The fourth-order valence-corrected chi connectivity index (χ4v) is 7.95. The average molecular weight is 706 g/mol. The van der Waals surface area contributed by atoms with Crippen molar-refractivity contribution >= 4 is 39.8 Å². The van der Waals surface area contributed by atoms with E-state index in [0.717, 1.165) is 24.8 Å². The van der Waals surface area contributed by atoms with E-state index in [1.165, 1.54) is 72.3 Å². The van der Waals surface area contributed by atoms with E-state index < -0.39 is 0 Å². The predicted octanol–water partition coefficient (Wildman–Crippen LogP) is 14.6. The van der Waals surface area contributed by atoms with E-state index in [4.69, 9.17) is 0 Å². The predicted molar refractivity (Wildman–Crippen MR) is 239 cm³/mol. The van der Waals surface area contributed by atoms with Crippen LogP contribution in [0.1, 0.15) is 80.8 Å². The molecule has 0 bridgehead atoms. The molecule has 0 saturated heterocycles. The highest BCUT2D eigenvalue weighted by atomic mass is 15.2. The van der Waals surface area contributed by atoms with Crippen molar-refractivity contribution in [3.63, 3.8) is 0 Å². The minimum Gasteiger partial charge on any atom is -0.334 e. The van der Waals surface area contributed by atoms with E-state index in [1.807, 2.05) is 6.08 Å². The Labute approximate surface area is 324 Å². The van der Waals surface area contributed by atoms with Gasteiger partial charge in [-0.15, -0.1) is 0 Å². The molecule has 4 aromatic carbocycles. The van der Waals surface area contributed by atoms with Crippen LogP contribution in [0.4, 0.5) is 5.69 Å². The molecule has 54 heavy (non-hydrogen) atoms. The molecule has 2 aliphatic rings. The minimum absolute atomic E-state index is 0.141. The summed E-state index contributed by atoms with van der Waals surface area (Å²) in [5.41, 5.74) is 15.4. The van der Waals surface area contributed by atoms with Gasteiger partial charge in [0.1, 0.15) is 0 Å². The molecule has 1 heteroatoms. The minimum atomic E-state index is 0.141. The Bertz CT molecular complexity index is 2270. The van der Waals surface area contributed by atoms with Gasteiger partial charge in [0.15, 0.2) is 0 Å². The maximum atomic E-state index is 4.17. The Morgan fingerprint density at radius 2 is 1.57 bits per heavy atom. The van der Waals surface area contributed by atoms with Gasteiger partial charge in [-0.05, 0) is 145 Å². The van der Waals surface area contributed by atoms with E-state index in [9.17, 15) is 0 Å². The highest BCUT2D eigenvalue weighted by molar-refractivity contribution is 6.02.